The number of aliphatic hydroxyl groups is 1. The van der Waals surface area contributed by atoms with Crippen LogP contribution in [0.2, 0.25) is 0 Å². The molecule has 22 heavy (non-hydrogen) atoms. The molecule has 1 N–H and O–H groups in total. The Kier molecular flexibility index (Phi) is 4.32. The standard InChI is InChI=1S/C16H11F5O/c17-13-6-4-11(5-7-13)8-9-15(22,16(19,20)21)12-2-1-3-14(18)10-12/h1-10,22H. The van der Waals surface area contributed by atoms with Crippen LogP contribution in [-0.4, -0.2) is 11.3 Å². The van der Waals surface area contributed by atoms with Crippen molar-refractivity contribution in [1.29, 1.82) is 0 Å². The minimum Gasteiger partial charge on any atom is -0.373 e. The van der Waals surface area contributed by atoms with E-state index < -0.39 is 29.0 Å². The van der Waals surface area contributed by atoms with Gasteiger partial charge in [0.1, 0.15) is 11.6 Å². The predicted octanol–water partition coefficient (Wildman–Crippen LogP) is 4.43. The average molecular weight is 314 g/mol. The van der Waals surface area contributed by atoms with E-state index in [2.05, 4.69) is 0 Å². The first-order chi connectivity index (χ1) is 10.2. The highest BCUT2D eigenvalue weighted by Gasteiger charge is 2.53. The lowest BCUT2D eigenvalue weighted by molar-refractivity contribution is -0.245. The Morgan fingerprint density at radius 3 is 2.05 bits per heavy atom. The van der Waals surface area contributed by atoms with Crippen molar-refractivity contribution in [1.82, 2.24) is 0 Å². The Morgan fingerprint density at radius 2 is 1.50 bits per heavy atom. The summed E-state index contributed by atoms with van der Waals surface area (Å²) in [5.41, 5.74) is -3.72. The largest absolute Gasteiger partial charge is 0.425 e. The second-order valence-electron chi connectivity index (χ2n) is 4.66. The van der Waals surface area contributed by atoms with Crippen molar-refractivity contribution in [2.24, 2.45) is 0 Å². The van der Waals surface area contributed by atoms with Gasteiger partial charge in [0.05, 0.1) is 0 Å². The molecule has 0 saturated heterocycles. The molecule has 1 nitrogen and oxygen atoms in total. The van der Waals surface area contributed by atoms with E-state index in [1.165, 1.54) is 12.1 Å². The fourth-order valence-corrected chi connectivity index (χ4v) is 1.87. The van der Waals surface area contributed by atoms with E-state index in [0.717, 1.165) is 36.4 Å². The number of rotatable bonds is 3. The molecular weight excluding hydrogens is 303 g/mol. The third-order valence-electron chi connectivity index (χ3n) is 3.08. The van der Waals surface area contributed by atoms with Crippen LogP contribution in [0.1, 0.15) is 11.1 Å². The van der Waals surface area contributed by atoms with E-state index in [0.29, 0.717) is 12.1 Å². The van der Waals surface area contributed by atoms with Crippen LogP contribution < -0.4 is 0 Å². The van der Waals surface area contributed by atoms with Crippen molar-refractivity contribution in [2.45, 2.75) is 11.8 Å². The summed E-state index contributed by atoms with van der Waals surface area (Å²) in [7, 11) is 0. The van der Waals surface area contributed by atoms with Gasteiger partial charge in [-0.25, -0.2) is 8.78 Å². The minimum atomic E-state index is -5.04. The normalized spacial score (nSPS) is 15.0. The molecule has 0 saturated carbocycles. The third kappa shape index (κ3) is 3.33. The van der Waals surface area contributed by atoms with Gasteiger partial charge in [0, 0.05) is 0 Å². The summed E-state index contributed by atoms with van der Waals surface area (Å²) in [4.78, 5) is 0. The average Bonchev–Trinajstić information content (AvgIpc) is 2.45. The van der Waals surface area contributed by atoms with Crippen LogP contribution in [0, 0.1) is 11.6 Å². The Morgan fingerprint density at radius 1 is 0.864 bits per heavy atom. The van der Waals surface area contributed by atoms with Crippen molar-refractivity contribution < 1.29 is 27.1 Å². The van der Waals surface area contributed by atoms with Gasteiger partial charge in [-0.05, 0) is 41.5 Å². The summed E-state index contributed by atoms with van der Waals surface area (Å²) < 4.78 is 65.5. The van der Waals surface area contributed by atoms with Gasteiger partial charge in [-0.2, -0.15) is 13.2 Å². The summed E-state index contributed by atoms with van der Waals surface area (Å²) in [6, 6.07) is 8.32. The molecule has 2 aromatic carbocycles. The van der Waals surface area contributed by atoms with Crippen LogP contribution in [0.15, 0.2) is 54.6 Å². The number of alkyl halides is 3. The van der Waals surface area contributed by atoms with E-state index in [1.54, 1.807) is 0 Å². The highest BCUT2D eigenvalue weighted by atomic mass is 19.4. The van der Waals surface area contributed by atoms with Crippen LogP contribution in [0.3, 0.4) is 0 Å². The van der Waals surface area contributed by atoms with Crippen LogP contribution in [0.25, 0.3) is 6.08 Å². The molecule has 116 valence electrons. The summed E-state index contributed by atoms with van der Waals surface area (Å²) >= 11 is 0. The third-order valence-corrected chi connectivity index (χ3v) is 3.08. The van der Waals surface area contributed by atoms with E-state index in [9.17, 15) is 27.1 Å². The van der Waals surface area contributed by atoms with E-state index >= 15 is 0 Å². The zero-order chi connectivity index (χ0) is 16.4. The van der Waals surface area contributed by atoms with Gasteiger partial charge in [0.2, 0.25) is 5.60 Å². The maximum Gasteiger partial charge on any atom is 0.425 e. The van der Waals surface area contributed by atoms with E-state index in [1.807, 2.05) is 0 Å². The van der Waals surface area contributed by atoms with Crippen molar-refractivity contribution in [2.75, 3.05) is 0 Å². The highest BCUT2D eigenvalue weighted by Crippen LogP contribution is 2.40. The second kappa shape index (κ2) is 5.88. The number of hydrogen-bond donors (Lipinski definition) is 1. The lowest BCUT2D eigenvalue weighted by Gasteiger charge is -2.28. The molecule has 0 radical (unpaired) electrons. The molecule has 0 aliphatic rings. The quantitative estimate of drug-likeness (QED) is 0.831. The highest BCUT2D eigenvalue weighted by molar-refractivity contribution is 5.52. The van der Waals surface area contributed by atoms with Gasteiger partial charge in [0.15, 0.2) is 0 Å². The Labute approximate surface area is 123 Å². The van der Waals surface area contributed by atoms with E-state index in [4.69, 9.17) is 0 Å². The fourth-order valence-electron chi connectivity index (χ4n) is 1.87. The Bertz CT molecular complexity index is 676. The first-order valence-electron chi connectivity index (χ1n) is 6.22. The zero-order valence-electron chi connectivity index (χ0n) is 11.1. The SMILES string of the molecule is OC(C=Cc1ccc(F)cc1)(c1cccc(F)c1)C(F)(F)F. The van der Waals surface area contributed by atoms with Crippen molar-refractivity contribution >= 4 is 6.08 Å². The monoisotopic (exact) mass is 314 g/mol. The lowest BCUT2D eigenvalue weighted by atomic mass is 9.92. The zero-order valence-corrected chi connectivity index (χ0v) is 11.1. The Balaban J connectivity index is 2.44. The van der Waals surface area contributed by atoms with Gasteiger partial charge in [-0.15, -0.1) is 0 Å². The van der Waals surface area contributed by atoms with Gasteiger partial charge in [0.25, 0.3) is 0 Å². The fraction of sp³-hybridized carbons (Fsp3) is 0.125. The first-order valence-corrected chi connectivity index (χ1v) is 6.22. The van der Waals surface area contributed by atoms with Gasteiger partial charge >= 0.3 is 6.18 Å². The van der Waals surface area contributed by atoms with E-state index in [-0.39, 0.29) is 5.56 Å². The van der Waals surface area contributed by atoms with Gasteiger partial charge < -0.3 is 5.11 Å². The number of hydrogen-bond acceptors (Lipinski definition) is 1. The number of benzene rings is 2. The maximum atomic E-state index is 13.2. The molecule has 6 heteroatoms. The van der Waals surface area contributed by atoms with Gasteiger partial charge in [-0.3, -0.25) is 0 Å². The molecule has 0 heterocycles. The predicted molar refractivity (Wildman–Crippen MR) is 71.8 cm³/mol. The van der Waals surface area contributed by atoms with Gasteiger partial charge in [-0.1, -0.05) is 30.3 Å². The van der Waals surface area contributed by atoms with Crippen LogP contribution in [-0.2, 0) is 5.60 Å². The molecule has 0 aromatic heterocycles. The van der Waals surface area contributed by atoms with Crippen LogP contribution in [0.4, 0.5) is 22.0 Å². The van der Waals surface area contributed by atoms with Crippen LogP contribution in [0.5, 0.6) is 0 Å². The minimum absolute atomic E-state index is 0.264. The summed E-state index contributed by atoms with van der Waals surface area (Å²) in [6.45, 7) is 0. The van der Waals surface area contributed by atoms with Crippen molar-refractivity contribution in [3.05, 3.63) is 77.4 Å². The van der Waals surface area contributed by atoms with Crippen LogP contribution >= 0.6 is 0 Å². The molecule has 0 bridgehead atoms. The number of halogens is 5. The first kappa shape index (κ1) is 16.2. The summed E-state index contributed by atoms with van der Waals surface area (Å²) in [6.07, 6.45) is -3.54. The molecule has 0 amide bonds. The smallest absolute Gasteiger partial charge is 0.373 e. The molecule has 0 aliphatic carbocycles. The summed E-state index contributed by atoms with van der Waals surface area (Å²) in [5, 5.41) is 10.0. The molecule has 1 atom stereocenters. The molecule has 2 rings (SSSR count). The molecule has 0 spiro atoms. The molecule has 0 aliphatic heterocycles. The molecule has 0 fully saturated rings. The molecular formula is C16H11F5O. The van der Waals surface area contributed by atoms with Crippen molar-refractivity contribution in [3.63, 3.8) is 0 Å². The second-order valence-corrected chi connectivity index (χ2v) is 4.66. The Hall–Kier alpha value is -2.21. The topological polar surface area (TPSA) is 20.2 Å². The molecule has 2 aromatic rings. The maximum absolute atomic E-state index is 13.2. The lowest BCUT2D eigenvalue weighted by Crippen LogP contribution is -2.40. The molecule has 1 unspecified atom stereocenters. The summed E-state index contributed by atoms with van der Waals surface area (Å²) in [5.74, 6) is -1.43. The van der Waals surface area contributed by atoms with Crippen molar-refractivity contribution in [3.8, 4) is 0 Å².